The van der Waals surface area contributed by atoms with Crippen molar-refractivity contribution in [3.8, 4) is 0 Å². The molecule has 0 aromatic carbocycles. The molecule has 0 saturated carbocycles. The Morgan fingerprint density at radius 2 is 2.18 bits per heavy atom. The van der Waals surface area contributed by atoms with Crippen LogP contribution in [0.25, 0.3) is 0 Å². The molecule has 0 unspecified atom stereocenters. The smallest absolute Gasteiger partial charge is 0.321 e. The Morgan fingerprint density at radius 3 is 2.64 bits per heavy atom. The molecule has 6 heteroatoms. The van der Waals surface area contributed by atoms with Gasteiger partial charge in [-0.3, -0.25) is 10.1 Å². The molecular weight excluding hydrogens is 152 g/mol. The molecule has 11 heavy (non-hydrogen) atoms. The van der Waals surface area contributed by atoms with Crippen molar-refractivity contribution in [1.82, 2.24) is 10.6 Å². The number of carbonyl (C=O) groups is 3. The monoisotopic (exact) mass is 157 g/mol. The number of imide groups is 1. The number of rotatable bonds is 1. The van der Waals surface area contributed by atoms with Gasteiger partial charge in [-0.25, -0.2) is 4.79 Å². The van der Waals surface area contributed by atoms with Gasteiger partial charge in [-0.2, -0.15) is 0 Å². The summed E-state index contributed by atoms with van der Waals surface area (Å²) >= 11 is 0. The van der Waals surface area contributed by atoms with E-state index < -0.39 is 23.9 Å². The molecule has 1 aliphatic heterocycles. The highest BCUT2D eigenvalue weighted by Gasteiger charge is 2.23. The molecule has 1 saturated heterocycles. The average molecular weight is 157 g/mol. The van der Waals surface area contributed by atoms with Crippen LogP contribution in [0.1, 0.15) is 6.42 Å². The summed E-state index contributed by atoms with van der Waals surface area (Å²) in [5.74, 6) is -2.06. The maximum absolute atomic E-state index is 10.5. The van der Waals surface area contributed by atoms with Crippen molar-refractivity contribution in [3.05, 3.63) is 0 Å². The molecule has 1 atom stereocenters. The van der Waals surface area contributed by atoms with Gasteiger partial charge in [0.15, 0.2) is 0 Å². The van der Waals surface area contributed by atoms with Crippen molar-refractivity contribution in [1.29, 1.82) is 0 Å². The Kier molecular flexibility index (Phi) is 1.75. The van der Waals surface area contributed by atoms with Gasteiger partial charge in [0, 0.05) is 0 Å². The van der Waals surface area contributed by atoms with Crippen LogP contribution in [-0.4, -0.2) is 23.9 Å². The molecule has 0 radical (unpaired) electrons. The Labute approximate surface area is 61.6 Å². The van der Waals surface area contributed by atoms with E-state index in [0.717, 1.165) is 0 Å². The van der Waals surface area contributed by atoms with Gasteiger partial charge in [-0.1, -0.05) is 0 Å². The first kappa shape index (κ1) is 7.52. The van der Waals surface area contributed by atoms with E-state index in [1.54, 1.807) is 0 Å². The molecule has 0 aromatic heterocycles. The second kappa shape index (κ2) is 2.57. The maximum Gasteiger partial charge on any atom is 0.321 e. The van der Waals surface area contributed by atoms with Crippen LogP contribution < -0.4 is 15.7 Å². The summed E-state index contributed by atoms with van der Waals surface area (Å²) in [5, 5.41) is 14.0. The van der Waals surface area contributed by atoms with Crippen molar-refractivity contribution in [3.63, 3.8) is 0 Å². The quantitative estimate of drug-likeness (QED) is 0.433. The minimum absolute atomic E-state index is 0.270. The number of carbonyl (C=O) groups excluding carboxylic acids is 3. The van der Waals surface area contributed by atoms with E-state index in [1.165, 1.54) is 0 Å². The molecule has 1 aliphatic rings. The van der Waals surface area contributed by atoms with Crippen molar-refractivity contribution < 1.29 is 19.5 Å². The van der Waals surface area contributed by atoms with Crippen LogP contribution in [0.4, 0.5) is 4.79 Å². The van der Waals surface area contributed by atoms with Crippen LogP contribution in [0.5, 0.6) is 0 Å². The second-order valence-electron chi connectivity index (χ2n) is 2.10. The first-order valence-electron chi connectivity index (χ1n) is 2.91. The predicted molar refractivity (Wildman–Crippen MR) is 30.1 cm³/mol. The van der Waals surface area contributed by atoms with Crippen molar-refractivity contribution in [2.24, 2.45) is 0 Å². The van der Waals surface area contributed by atoms with Crippen LogP contribution in [0, 0.1) is 0 Å². The maximum atomic E-state index is 10.5. The molecular formula is C5H5N2O4-. The highest BCUT2D eigenvalue weighted by atomic mass is 16.4. The number of urea groups is 1. The molecule has 3 amide bonds. The fourth-order valence-corrected chi connectivity index (χ4v) is 0.751. The summed E-state index contributed by atoms with van der Waals surface area (Å²) in [6, 6.07) is -1.99. The normalized spacial score (nSPS) is 23.8. The van der Waals surface area contributed by atoms with Gasteiger partial charge < -0.3 is 15.2 Å². The minimum Gasteiger partial charge on any atom is -0.548 e. The summed E-state index contributed by atoms with van der Waals surface area (Å²) in [6.07, 6.45) is -0.270. The van der Waals surface area contributed by atoms with E-state index in [9.17, 15) is 19.5 Å². The van der Waals surface area contributed by atoms with E-state index >= 15 is 0 Å². The lowest BCUT2D eigenvalue weighted by Gasteiger charge is -2.23. The van der Waals surface area contributed by atoms with Gasteiger partial charge in [0.2, 0.25) is 5.91 Å². The van der Waals surface area contributed by atoms with Crippen LogP contribution >= 0.6 is 0 Å². The predicted octanol–water partition coefficient (Wildman–Crippen LogP) is -2.67. The Hall–Kier alpha value is -1.59. The minimum atomic E-state index is -1.45. The molecule has 2 N–H and O–H groups in total. The molecule has 1 heterocycles. The average Bonchev–Trinajstić information content (AvgIpc) is 1.85. The third kappa shape index (κ3) is 1.66. The molecule has 1 rings (SSSR count). The lowest BCUT2D eigenvalue weighted by Crippen LogP contribution is -2.58. The van der Waals surface area contributed by atoms with Crippen LogP contribution in [0.2, 0.25) is 0 Å². The molecule has 0 aromatic rings. The Balaban J connectivity index is 2.63. The summed E-state index contributed by atoms with van der Waals surface area (Å²) < 4.78 is 0. The van der Waals surface area contributed by atoms with Gasteiger partial charge in [-0.15, -0.1) is 0 Å². The van der Waals surface area contributed by atoms with Crippen LogP contribution in [-0.2, 0) is 9.59 Å². The molecule has 0 spiro atoms. The van der Waals surface area contributed by atoms with Crippen LogP contribution in [0.15, 0.2) is 0 Å². The van der Waals surface area contributed by atoms with Crippen LogP contribution in [0.3, 0.4) is 0 Å². The molecule has 1 fully saturated rings. The topological polar surface area (TPSA) is 98.3 Å². The zero-order chi connectivity index (χ0) is 8.43. The largest absolute Gasteiger partial charge is 0.548 e. The van der Waals surface area contributed by atoms with Gasteiger partial charge in [0.05, 0.1) is 18.4 Å². The Bertz CT molecular complexity index is 209. The zero-order valence-electron chi connectivity index (χ0n) is 5.42. The van der Waals surface area contributed by atoms with Crippen molar-refractivity contribution in [2.75, 3.05) is 0 Å². The van der Waals surface area contributed by atoms with E-state index in [0.29, 0.717) is 0 Å². The number of nitrogens with one attached hydrogen (secondary N) is 2. The lowest BCUT2D eigenvalue weighted by atomic mass is 10.2. The third-order valence-corrected chi connectivity index (χ3v) is 1.23. The number of carboxylic acid groups (broad SMARTS) is 1. The van der Waals surface area contributed by atoms with Gasteiger partial charge in [-0.05, 0) is 0 Å². The second-order valence-corrected chi connectivity index (χ2v) is 2.10. The molecule has 0 aliphatic carbocycles. The number of hydrogen-bond donors (Lipinski definition) is 2. The zero-order valence-corrected chi connectivity index (χ0v) is 5.42. The highest BCUT2D eigenvalue weighted by molar-refractivity contribution is 6.00. The first-order valence-corrected chi connectivity index (χ1v) is 2.91. The van der Waals surface area contributed by atoms with Crippen molar-refractivity contribution in [2.45, 2.75) is 12.5 Å². The van der Waals surface area contributed by atoms with E-state index in [4.69, 9.17) is 0 Å². The fraction of sp³-hybridized carbons (Fsp3) is 0.400. The number of hydrogen-bond acceptors (Lipinski definition) is 4. The van der Waals surface area contributed by atoms with Gasteiger partial charge in [0.25, 0.3) is 0 Å². The van der Waals surface area contributed by atoms with Crippen molar-refractivity contribution >= 4 is 17.9 Å². The lowest BCUT2D eigenvalue weighted by molar-refractivity contribution is -0.308. The summed E-state index contributed by atoms with van der Waals surface area (Å²) in [6.45, 7) is 0. The molecule has 0 bridgehead atoms. The summed E-state index contributed by atoms with van der Waals surface area (Å²) in [4.78, 5) is 31.1. The number of aliphatic carboxylic acids is 1. The summed E-state index contributed by atoms with van der Waals surface area (Å²) in [5.41, 5.74) is 0. The van der Waals surface area contributed by atoms with E-state index in [1.807, 2.05) is 10.6 Å². The van der Waals surface area contributed by atoms with Gasteiger partial charge in [0.1, 0.15) is 0 Å². The Morgan fingerprint density at radius 1 is 1.55 bits per heavy atom. The van der Waals surface area contributed by atoms with E-state index in [2.05, 4.69) is 0 Å². The highest BCUT2D eigenvalue weighted by Crippen LogP contribution is 1.95. The van der Waals surface area contributed by atoms with E-state index in [-0.39, 0.29) is 6.42 Å². The molecule has 6 nitrogen and oxygen atoms in total. The standard InChI is InChI=1S/C5H6N2O4/c8-3-1-2(4(9)10)6-5(11)7-3/h2H,1H2,(H,9,10)(H2,6,7,8,11)/p-1/t2-/m0/s1. The third-order valence-electron chi connectivity index (χ3n) is 1.23. The number of amides is 3. The fourth-order valence-electron chi connectivity index (χ4n) is 0.751. The van der Waals surface area contributed by atoms with Gasteiger partial charge >= 0.3 is 6.03 Å². The number of carboxylic acids is 1. The first-order chi connectivity index (χ1) is 5.09. The SMILES string of the molecule is O=C1C[C@@H](C(=O)[O-])NC(=O)N1. The molecule has 60 valence electrons. The summed E-state index contributed by atoms with van der Waals surface area (Å²) in [7, 11) is 0.